The topological polar surface area (TPSA) is 78.6 Å². The monoisotopic (exact) mass is 124 g/mol. The molecule has 4 nitrogen and oxygen atoms in total. The van der Waals surface area contributed by atoms with Crippen molar-refractivity contribution in [2.75, 3.05) is 0 Å². The fourth-order valence-electron chi connectivity index (χ4n) is 0.554. The van der Waals surface area contributed by atoms with Gasteiger partial charge in [0.05, 0.1) is 6.21 Å². The Morgan fingerprint density at radius 2 is 2.67 bits per heavy atom. The maximum absolute atomic E-state index is 6.77. The summed E-state index contributed by atoms with van der Waals surface area (Å²) in [5.41, 5.74) is 6.13. The van der Waals surface area contributed by atoms with Crippen molar-refractivity contribution < 1.29 is 0 Å². The Balaban J connectivity index is 2.86. The first-order chi connectivity index (χ1) is 4.36. The standard InChI is InChI=1S/C5H8N4/c6-1-4-3-8-5(2-7)9-4/h2-3,7H,1,6H2,(H,8,9). The third-order valence-corrected chi connectivity index (χ3v) is 1.00. The van der Waals surface area contributed by atoms with Gasteiger partial charge in [-0.05, 0) is 0 Å². The van der Waals surface area contributed by atoms with Gasteiger partial charge >= 0.3 is 0 Å². The van der Waals surface area contributed by atoms with Crippen molar-refractivity contribution in [3.63, 3.8) is 0 Å². The normalized spacial score (nSPS) is 9.44. The fourth-order valence-corrected chi connectivity index (χ4v) is 0.554. The second-order valence-electron chi connectivity index (χ2n) is 1.64. The minimum absolute atomic E-state index is 0.445. The molecule has 0 spiro atoms. The van der Waals surface area contributed by atoms with Crippen molar-refractivity contribution in [2.45, 2.75) is 6.54 Å². The quantitative estimate of drug-likeness (QED) is 0.480. The van der Waals surface area contributed by atoms with Crippen LogP contribution in [0.3, 0.4) is 0 Å². The van der Waals surface area contributed by atoms with Crippen LogP contribution in [0.2, 0.25) is 0 Å². The number of imidazole rings is 1. The van der Waals surface area contributed by atoms with E-state index in [1.165, 1.54) is 0 Å². The van der Waals surface area contributed by atoms with Crippen LogP contribution in [0.4, 0.5) is 0 Å². The van der Waals surface area contributed by atoms with Gasteiger partial charge in [-0.25, -0.2) is 4.98 Å². The summed E-state index contributed by atoms with van der Waals surface area (Å²) in [5.74, 6) is 0.551. The molecule has 0 atom stereocenters. The summed E-state index contributed by atoms with van der Waals surface area (Å²) < 4.78 is 0. The van der Waals surface area contributed by atoms with E-state index >= 15 is 0 Å². The third kappa shape index (κ3) is 1.14. The minimum atomic E-state index is 0.445. The van der Waals surface area contributed by atoms with Crippen molar-refractivity contribution in [3.8, 4) is 0 Å². The van der Waals surface area contributed by atoms with E-state index in [1.54, 1.807) is 6.20 Å². The second-order valence-corrected chi connectivity index (χ2v) is 1.64. The summed E-state index contributed by atoms with van der Waals surface area (Å²) in [7, 11) is 0. The Labute approximate surface area is 52.6 Å². The van der Waals surface area contributed by atoms with Crippen LogP contribution in [0.1, 0.15) is 11.5 Å². The predicted molar refractivity (Wildman–Crippen MR) is 34.4 cm³/mol. The average molecular weight is 124 g/mol. The number of hydrogen-bond acceptors (Lipinski definition) is 3. The highest BCUT2D eigenvalue weighted by molar-refractivity contribution is 5.71. The van der Waals surface area contributed by atoms with E-state index in [-0.39, 0.29) is 0 Å². The van der Waals surface area contributed by atoms with E-state index < -0.39 is 0 Å². The van der Waals surface area contributed by atoms with Gasteiger partial charge in [-0.3, -0.25) is 0 Å². The van der Waals surface area contributed by atoms with Crippen molar-refractivity contribution >= 4 is 6.21 Å². The highest BCUT2D eigenvalue weighted by atomic mass is 14.9. The zero-order valence-electron chi connectivity index (χ0n) is 4.89. The van der Waals surface area contributed by atoms with Crippen molar-refractivity contribution in [1.82, 2.24) is 9.97 Å². The molecule has 0 amide bonds. The molecule has 48 valence electrons. The first-order valence-corrected chi connectivity index (χ1v) is 2.61. The molecule has 0 saturated heterocycles. The third-order valence-electron chi connectivity index (χ3n) is 1.00. The number of aromatic nitrogens is 2. The molecule has 1 heterocycles. The van der Waals surface area contributed by atoms with Gasteiger partial charge in [0.1, 0.15) is 5.82 Å². The largest absolute Gasteiger partial charge is 0.340 e. The summed E-state index contributed by atoms with van der Waals surface area (Å²) in [5, 5.41) is 6.77. The lowest BCUT2D eigenvalue weighted by Crippen LogP contribution is -1.95. The summed E-state index contributed by atoms with van der Waals surface area (Å²) in [4.78, 5) is 6.66. The van der Waals surface area contributed by atoms with E-state index in [4.69, 9.17) is 11.1 Å². The molecule has 0 unspecified atom stereocenters. The molecule has 0 aliphatic rings. The van der Waals surface area contributed by atoms with Crippen LogP contribution in [-0.4, -0.2) is 16.2 Å². The summed E-state index contributed by atoms with van der Waals surface area (Å²) in [6.07, 6.45) is 2.78. The second kappa shape index (κ2) is 2.41. The minimum Gasteiger partial charge on any atom is -0.340 e. The number of aromatic amines is 1. The number of nitrogens with zero attached hydrogens (tertiary/aromatic N) is 1. The number of rotatable bonds is 2. The molecule has 1 rings (SSSR count). The number of H-pyrrole nitrogens is 1. The molecule has 1 aromatic heterocycles. The smallest absolute Gasteiger partial charge is 0.147 e. The molecule has 4 N–H and O–H groups in total. The molecule has 0 saturated carbocycles. The zero-order chi connectivity index (χ0) is 6.69. The lowest BCUT2D eigenvalue weighted by molar-refractivity contribution is 1.01. The van der Waals surface area contributed by atoms with E-state index in [0.29, 0.717) is 12.4 Å². The Morgan fingerprint density at radius 1 is 1.89 bits per heavy atom. The van der Waals surface area contributed by atoms with Gasteiger partial charge < -0.3 is 16.1 Å². The van der Waals surface area contributed by atoms with Gasteiger partial charge in [0.15, 0.2) is 0 Å². The van der Waals surface area contributed by atoms with Crippen LogP contribution in [-0.2, 0) is 6.54 Å². The first kappa shape index (κ1) is 5.97. The van der Waals surface area contributed by atoms with Crippen molar-refractivity contribution in [1.29, 1.82) is 5.41 Å². The lowest BCUT2D eigenvalue weighted by Gasteiger charge is -1.83. The predicted octanol–water partition coefficient (Wildman–Crippen LogP) is -0.134. The maximum atomic E-state index is 6.77. The number of nitrogens with one attached hydrogen (secondary N) is 2. The Kier molecular flexibility index (Phi) is 1.60. The van der Waals surface area contributed by atoms with Gasteiger partial charge in [-0.15, -0.1) is 0 Å². The highest BCUT2D eigenvalue weighted by Gasteiger charge is 1.92. The maximum Gasteiger partial charge on any atom is 0.147 e. The van der Waals surface area contributed by atoms with Gasteiger partial charge in [-0.2, -0.15) is 0 Å². The molecule has 0 fully saturated rings. The van der Waals surface area contributed by atoms with Crippen LogP contribution in [0, 0.1) is 5.41 Å². The Morgan fingerprint density at radius 3 is 3.00 bits per heavy atom. The number of nitrogens with two attached hydrogens (primary N) is 1. The van der Waals surface area contributed by atoms with Crippen molar-refractivity contribution in [2.24, 2.45) is 5.73 Å². The SMILES string of the molecule is N=Cc1ncc(CN)[nH]1. The van der Waals surface area contributed by atoms with E-state index in [2.05, 4.69) is 9.97 Å². The molecule has 0 bridgehead atoms. The van der Waals surface area contributed by atoms with E-state index in [1.807, 2.05) is 0 Å². The molecule has 4 heteroatoms. The van der Waals surface area contributed by atoms with Gasteiger partial charge in [0, 0.05) is 18.4 Å². The molecule has 9 heavy (non-hydrogen) atoms. The van der Waals surface area contributed by atoms with E-state index in [0.717, 1.165) is 11.9 Å². The van der Waals surface area contributed by atoms with Crippen LogP contribution in [0.25, 0.3) is 0 Å². The summed E-state index contributed by atoms with van der Waals surface area (Å²) in [6, 6.07) is 0. The van der Waals surface area contributed by atoms with Gasteiger partial charge in [0.25, 0.3) is 0 Å². The molecule has 0 radical (unpaired) electrons. The summed E-state index contributed by atoms with van der Waals surface area (Å²) in [6.45, 7) is 0.445. The average Bonchev–Trinajstić information content (AvgIpc) is 2.34. The fraction of sp³-hybridized carbons (Fsp3) is 0.200. The first-order valence-electron chi connectivity index (χ1n) is 2.61. The zero-order valence-corrected chi connectivity index (χ0v) is 4.89. The number of hydrogen-bond donors (Lipinski definition) is 3. The molecule has 1 aromatic rings. The molecular weight excluding hydrogens is 116 g/mol. The molecule has 0 aromatic carbocycles. The summed E-state index contributed by atoms with van der Waals surface area (Å²) >= 11 is 0. The van der Waals surface area contributed by atoms with Crippen molar-refractivity contribution in [3.05, 3.63) is 17.7 Å². The molecule has 0 aliphatic carbocycles. The van der Waals surface area contributed by atoms with Gasteiger partial charge in [0.2, 0.25) is 0 Å². The lowest BCUT2D eigenvalue weighted by atomic mass is 10.5. The van der Waals surface area contributed by atoms with Gasteiger partial charge in [-0.1, -0.05) is 0 Å². The molecule has 0 aliphatic heterocycles. The Bertz CT molecular complexity index is 202. The van der Waals surface area contributed by atoms with Crippen LogP contribution >= 0.6 is 0 Å². The van der Waals surface area contributed by atoms with E-state index in [9.17, 15) is 0 Å². The highest BCUT2D eigenvalue weighted by Crippen LogP contribution is 1.90. The Hall–Kier alpha value is -1.16. The van der Waals surface area contributed by atoms with Crippen LogP contribution in [0.5, 0.6) is 0 Å². The van der Waals surface area contributed by atoms with Crippen LogP contribution < -0.4 is 5.73 Å². The molecular formula is C5H8N4. The van der Waals surface area contributed by atoms with Crippen LogP contribution in [0.15, 0.2) is 6.20 Å².